The molecule has 4 heteroatoms. The van der Waals surface area contributed by atoms with Crippen molar-refractivity contribution < 1.29 is 9.53 Å². The number of rotatable bonds is 12. The Morgan fingerprint density at radius 3 is 2.41 bits per heavy atom. The number of hydrogen-bond acceptors (Lipinski definition) is 3. The molecule has 0 radical (unpaired) electrons. The molecule has 4 nitrogen and oxygen atoms in total. The zero-order valence-electron chi connectivity index (χ0n) is 14.0. The third-order valence-corrected chi connectivity index (χ3v) is 3.37. The van der Waals surface area contributed by atoms with E-state index in [2.05, 4.69) is 24.5 Å². The summed E-state index contributed by atoms with van der Waals surface area (Å²) in [5.74, 6) is 0.843. The van der Waals surface area contributed by atoms with Gasteiger partial charge in [-0.25, -0.2) is 0 Å². The molecular formula is C18H30N2O2. The lowest BCUT2D eigenvalue weighted by Crippen LogP contribution is -2.28. The van der Waals surface area contributed by atoms with Crippen molar-refractivity contribution in [2.45, 2.75) is 52.4 Å². The van der Waals surface area contributed by atoms with Gasteiger partial charge in [0.2, 0.25) is 5.91 Å². The van der Waals surface area contributed by atoms with Gasteiger partial charge in [0.1, 0.15) is 5.75 Å². The van der Waals surface area contributed by atoms with Crippen molar-refractivity contribution in [3.05, 3.63) is 24.3 Å². The Labute approximate surface area is 134 Å². The second-order valence-corrected chi connectivity index (χ2v) is 5.51. The van der Waals surface area contributed by atoms with Gasteiger partial charge in [0.15, 0.2) is 0 Å². The summed E-state index contributed by atoms with van der Waals surface area (Å²) in [5, 5.41) is 5.94. The van der Waals surface area contributed by atoms with E-state index in [1.807, 2.05) is 24.3 Å². The second kappa shape index (κ2) is 12.0. The molecule has 0 unspecified atom stereocenters. The van der Waals surface area contributed by atoms with E-state index in [4.69, 9.17) is 4.74 Å². The first-order valence-corrected chi connectivity index (χ1v) is 8.49. The van der Waals surface area contributed by atoms with Crippen molar-refractivity contribution >= 4 is 11.6 Å². The van der Waals surface area contributed by atoms with E-state index in [1.54, 1.807) is 0 Å². The van der Waals surface area contributed by atoms with E-state index in [-0.39, 0.29) is 5.91 Å². The molecule has 0 saturated carbocycles. The van der Waals surface area contributed by atoms with Crippen molar-refractivity contribution in [2.24, 2.45) is 0 Å². The molecule has 0 bridgehead atoms. The molecule has 1 amide bonds. The zero-order chi connectivity index (χ0) is 16.0. The van der Waals surface area contributed by atoms with E-state index in [0.717, 1.165) is 37.4 Å². The number of ether oxygens (including phenoxy) is 1. The minimum Gasteiger partial charge on any atom is -0.494 e. The van der Waals surface area contributed by atoms with Crippen LogP contribution in [0.1, 0.15) is 52.4 Å². The fraction of sp³-hybridized carbons (Fsp3) is 0.611. The fourth-order valence-electron chi connectivity index (χ4n) is 2.11. The van der Waals surface area contributed by atoms with E-state index in [1.165, 1.54) is 25.7 Å². The van der Waals surface area contributed by atoms with Gasteiger partial charge in [-0.3, -0.25) is 4.79 Å². The smallest absolute Gasteiger partial charge is 0.238 e. The average molecular weight is 306 g/mol. The van der Waals surface area contributed by atoms with Crippen LogP contribution in [0.5, 0.6) is 5.75 Å². The Hall–Kier alpha value is -1.55. The van der Waals surface area contributed by atoms with Crippen LogP contribution < -0.4 is 15.4 Å². The number of unbranched alkanes of at least 4 members (excludes halogenated alkanes) is 4. The number of hydrogen-bond donors (Lipinski definition) is 2. The van der Waals surface area contributed by atoms with Crippen LogP contribution >= 0.6 is 0 Å². The van der Waals surface area contributed by atoms with E-state index in [9.17, 15) is 4.79 Å². The molecule has 0 saturated heterocycles. The standard InChI is InChI=1S/C18H30N2O2/c1-3-5-6-7-8-14-22-17-11-9-16(10-12-17)20-18(21)15-19-13-4-2/h9-12,19H,3-8,13-15H2,1-2H3,(H,20,21). The summed E-state index contributed by atoms with van der Waals surface area (Å²) in [4.78, 5) is 11.7. The average Bonchev–Trinajstić information content (AvgIpc) is 2.52. The van der Waals surface area contributed by atoms with Gasteiger partial charge in [0.25, 0.3) is 0 Å². The number of carbonyl (C=O) groups excluding carboxylic acids is 1. The highest BCUT2D eigenvalue weighted by Crippen LogP contribution is 2.16. The van der Waals surface area contributed by atoms with Crippen LogP contribution in [0.15, 0.2) is 24.3 Å². The summed E-state index contributed by atoms with van der Waals surface area (Å²) in [5.41, 5.74) is 0.804. The molecule has 0 aromatic heterocycles. The Balaban J connectivity index is 2.20. The van der Waals surface area contributed by atoms with Crippen LogP contribution in [-0.4, -0.2) is 25.6 Å². The first-order valence-electron chi connectivity index (χ1n) is 8.49. The maximum atomic E-state index is 11.7. The molecule has 0 aliphatic carbocycles. The minimum absolute atomic E-state index is 0.0157. The van der Waals surface area contributed by atoms with Crippen LogP contribution in [0.25, 0.3) is 0 Å². The summed E-state index contributed by atoms with van der Waals surface area (Å²) in [7, 11) is 0. The number of nitrogens with one attached hydrogen (secondary N) is 2. The minimum atomic E-state index is -0.0157. The molecule has 0 atom stereocenters. The molecule has 0 aliphatic rings. The van der Waals surface area contributed by atoms with Gasteiger partial charge in [-0.1, -0.05) is 39.5 Å². The van der Waals surface area contributed by atoms with Crippen LogP contribution in [0.2, 0.25) is 0 Å². The maximum Gasteiger partial charge on any atom is 0.238 e. The predicted octanol–water partition coefficient (Wildman–Crippen LogP) is 3.97. The van der Waals surface area contributed by atoms with Gasteiger partial charge in [0, 0.05) is 5.69 Å². The van der Waals surface area contributed by atoms with Crippen LogP contribution in [0, 0.1) is 0 Å². The van der Waals surface area contributed by atoms with Gasteiger partial charge in [-0.2, -0.15) is 0 Å². The summed E-state index contributed by atoms with van der Waals surface area (Å²) in [6.07, 6.45) is 7.21. The Kier molecular flexibility index (Phi) is 10.1. The molecule has 1 aromatic carbocycles. The molecule has 2 N–H and O–H groups in total. The Morgan fingerprint density at radius 2 is 1.73 bits per heavy atom. The highest BCUT2D eigenvalue weighted by Gasteiger charge is 2.01. The van der Waals surface area contributed by atoms with Crippen LogP contribution in [0.4, 0.5) is 5.69 Å². The zero-order valence-corrected chi connectivity index (χ0v) is 14.0. The van der Waals surface area contributed by atoms with Gasteiger partial charge >= 0.3 is 0 Å². The van der Waals surface area contributed by atoms with E-state index in [0.29, 0.717) is 6.54 Å². The Morgan fingerprint density at radius 1 is 1.00 bits per heavy atom. The van der Waals surface area contributed by atoms with Crippen molar-refractivity contribution in [1.82, 2.24) is 5.32 Å². The predicted molar refractivity (Wildman–Crippen MR) is 92.5 cm³/mol. The first kappa shape index (κ1) is 18.5. The number of benzene rings is 1. The maximum absolute atomic E-state index is 11.7. The van der Waals surface area contributed by atoms with Crippen LogP contribution in [0.3, 0.4) is 0 Å². The third kappa shape index (κ3) is 8.67. The van der Waals surface area contributed by atoms with E-state index < -0.39 is 0 Å². The molecule has 0 heterocycles. The quantitative estimate of drug-likeness (QED) is 0.574. The number of carbonyl (C=O) groups is 1. The monoisotopic (exact) mass is 306 g/mol. The van der Waals surface area contributed by atoms with Gasteiger partial charge < -0.3 is 15.4 Å². The second-order valence-electron chi connectivity index (χ2n) is 5.51. The van der Waals surface area contributed by atoms with Crippen molar-refractivity contribution in [2.75, 3.05) is 25.0 Å². The largest absolute Gasteiger partial charge is 0.494 e. The topological polar surface area (TPSA) is 50.4 Å². The first-order chi connectivity index (χ1) is 10.8. The Bertz CT molecular complexity index is 404. The van der Waals surface area contributed by atoms with Crippen molar-refractivity contribution in [3.63, 3.8) is 0 Å². The highest BCUT2D eigenvalue weighted by molar-refractivity contribution is 5.92. The summed E-state index contributed by atoms with van der Waals surface area (Å²) in [6.45, 7) is 6.27. The molecule has 0 aliphatic heterocycles. The van der Waals surface area contributed by atoms with Gasteiger partial charge in [-0.15, -0.1) is 0 Å². The van der Waals surface area contributed by atoms with Crippen molar-refractivity contribution in [1.29, 1.82) is 0 Å². The lowest BCUT2D eigenvalue weighted by molar-refractivity contribution is -0.115. The summed E-state index contributed by atoms with van der Waals surface area (Å²) < 4.78 is 5.70. The van der Waals surface area contributed by atoms with Gasteiger partial charge in [0.05, 0.1) is 13.2 Å². The normalized spacial score (nSPS) is 10.5. The molecule has 1 rings (SSSR count). The van der Waals surface area contributed by atoms with Crippen molar-refractivity contribution in [3.8, 4) is 5.75 Å². The molecule has 0 spiro atoms. The lowest BCUT2D eigenvalue weighted by Gasteiger charge is -2.09. The fourth-order valence-corrected chi connectivity index (χ4v) is 2.11. The molecule has 0 fully saturated rings. The van der Waals surface area contributed by atoms with Gasteiger partial charge in [-0.05, 0) is 43.7 Å². The lowest BCUT2D eigenvalue weighted by atomic mass is 10.2. The van der Waals surface area contributed by atoms with E-state index >= 15 is 0 Å². The number of amides is 1. The summed E-state index contributed by atoms with van der Waals surface area (Å²) >= 11 is 0. The molecular weight excluding hydrogens is 276 g/mol. The SMILES string of the molecule is CCCCCCCOc1ccc(NC(=O)CNCCC)cc1. The third-order valence-electron chi connectivity index (χ3n) is 3.37. The molecule has 1 aromatic rings. The molecule has 124 valence electrons. The van der Waals surface area contributed by atoms with Crippen LogP contribution in [-0.2, 0) is 4.79 Å². The molecule has 22 heavy (non-hydrogen) atoms. The number of anilines is 1. The summed E-state index contributed by atoms with van der Waals surface area (Å²) in [6, 6.07) is 7.57. The highest BCUT2D eigenvalue weighted by atomic mass is 16.5.